The maximum atomic E-state index is 11.8. The molecule has 1 aromatic carbocycles. The summed E-state index contributed by atoms with van der Waals surface area (Å²) in [4.78, 5) is 14.1. The van der Waals surface area contributed by atoms with Crippen LogP contribution in [0.3, 0.4) is 0 Å². The number of likely N-dealkylation sites (N-methyl/N-ethyl adjacent to an activating group) is 1. The number of hydrogen-bond donors (Lipinski definition) is 1. The van der Waals surface area contributed by atoms with Gasteiger partial charge in [-0.2, -0.15) is 0 Å². The largest absolute Gasteiger partial charge is 0.380 e. The number of benzene rings is 1. The molecule has 1 amide bonds. The number of hydrogen-bond acceptors (Lipinski definition) is 3. The van der Waals surface area contributed by atoms with Crippen molar-refractivity contribution in [3.63, 3.8) is 0 Å². The van der Waals surface area contributed by atoms with Crippen molar-refractivity contribution in [3.8, 4) is 0 Å². The van der Waals surface area contributed by atoms with Crippen LogP contribution in [0.4, 0.5) is 0 Å². The van der Waals surface area contributed by atoms with Crippen molar-refractivity contribution in [2.75, 3.05) is 32.8 Å². The molecule has 4 heteroatoms. The molecule has 1 atom stereocenters. The minimum absolute atomic E-state index is 0.104. The number of carbonyl (C=O) groups excluding carboxylic acids is 1. The third-order valence-corrected chi connectivity index (χ3v) is 3.67. The maximum Gasteiger partial charge on any atom is 0.234 e. The van der Waals surface area contributed by atoms with Gasteiger partial charge in [0.15, 0.2) is 0 Å². The van der Waals surface area contributed by atoms with Crippen molar-refractivity contribution in [1.29, 1.82) is 0 Å². The summed E-state index contributed by atoms with van der Waals surface area (Å²) in [5.74, 6) is 0.104. The predicted octanol–water partition coefficient (Wildman–Crippen LogP) is 1.46. The number of rotatable bonds is 7. The molecule has 0 saturated carbocycles. The maximum absolute atomic E-state index is 11.8. The summed E-state index contributed by atoms with van der Waals surface area (Å²) in [5.41, 5.74) is 1.31. The zero-order valence-electron chi connectivity index (χ0n) is 12.2. The molecule has 1 heterocycles. The smallest absolute Gasteiger partial charge is 0.234 e. The van der Waals surface area contributed by atoms with E-state index in [9.17, 15) is 4.79 Å². The van der Waals surface area contributed by atoms with E-state index < -0.39 is 0 Å². The van der Waals surface area contributed by atoms with Gasteiger partial charge in [-0.3, -0.25) is 9.69 Å². The van der Waals surface area contributed by atoms with E-state index in [0.29, 0.717) is 19.1 Å². The molecule has 0 radical (unpaired) electrons. The van der Waals surface area contributed by atoms with Crippen molar-refractivity contribution < 1.29 is 9.53 Å². The lowest BCUT2D eigenvalue weighted by Crippen LogP contribution is -2.44. The van der Waals surface area contributed by atoms with Crippen LogP contribution >= 0.6 is 0 Å². The van der Waals surface area contributed by atoms with Crippen LogP contribution in [0.15, 0.2) is 30.3 Å². The molecular weight excluding hydrogens is 252 g/mol. The van der Waals surface area contributed by atoms with Gasteiger partial charge in [-0.25, -0.2) is 0 Å². The molecule has 1 aliphatic heterocycles. The van der Waals surface area contributed by atoms with Crippen molar-refractivity contribution in [2.24, 2.45) is 0 Å². The Morgan fingerprint density at radius 2 is 2.20 bits per heavy atom. The van der Waals surface area contributed by atoms with E-state index in [-0.39, 0.29) is 5.91 Å². The first-order valence-electron chi connectivity index (χ1n) is 7.42. The number of amides is 1. The topological polar surface area (TPSA) is 41.6 Å². The summed E-state index contributed by atoms with van der Waals surface area (Å²) in [6.45, 7) is 5.55. The molecule has 110 valence electrons. The number of nitrogens with zero attached hydrogens (tertiary/aromatic N) is 1. The second kappa shape index (κ2) is 8.02. The summed E-state index contributed by atoms with van der Waals surface area (Å²) in [6.07, 6.45) is 1.99. The zero-order valence-corrected chi connectivity index (χ0v) is 12.2. The van der Waals surface area contributed by atoms with Crippen LogP contribution in [0.25, 0.3) is 0 Å². The number of carbonyl (C=O) groups is 1. The fourth-order valence-electron chi connectivity index (χ4n) is 2.56. The van der Waals surface area contributed by atoms with E-state index in [1.165, 1.54) is 5.56 Å². The highest BCUT2D eigenvalue weighted by Crippen LogP contribution is 2.13. The quantitative estimate of drug-likeness (QED) is 0.819. The van der Waals surface area contributed by atoms with Gasteiger partial charge in [-0.1, -0.05) is 30.3 Å². The van der Waals surface area contributed by atoms with Gasteiger partial charge in [0.2, 0.25) is 5.91 Å². The van der Waals surface area contributed by atoms with Crippen LogP contribution in [-0.2, 0) is 16.0 Å². The highest BCUT2D eigenvalue weighted by atomic mass is 16.5. The molecule has 2 rings (SSSR count). The fourth-order valence-corrected chi connectivity index (χ4v) is 2.56. The Morgan fingerprint density at radius 1 is 1.40 bits per heavy atom. The molecular formula is C16H24N2O2. The van der Waals surface area contributed by atoms with Gasteiger partial charge in [0, 0.05) is 25.7 Å². The molecule has 0 spiro atoms. The molecule has 0 aliphatic carbocycles. The molecule has 1 aliphatic rings. The average molecular weight is 276 g/mol. The lowest BCUT2D eigenvalue weighted by Gasteiger charge is -2.27. The van der Waals surface area contributed by atoms with E-state index in [2.05, 4.69) is 34.5 Å². The molecule has 1 aromatic rings. The first kappa shape index (κ1) is 15.0. The van der Waals surface area contributed by atoms with Gasteiger partial charge >= 0.3 is 0 Å². The Morgan fingerprint density at radius 3 is 2.85 bits per heavy atom. The second-order valence-corrected chi connectivity index (χ2v) is 5.18. The van der Waals surface area contributed by atoms with Gasteiger partial charge in [-0.15, -0.1) is 0 Å². The van der Waals surface area contributed by atoms with Crippen molar-refractivity contribution in [2.45, 2.75) is 25.8 Å². The highest BCUT2D eigenvalue weighted by Gasteiger charge is 2.24. The minimum Gasteiger partial charge on any atom is -0.380 e. The Balaban J connectivity index is 1.89. The van der Waals surface area contributed by atoms with Gasteiger partial charge < -0.3 is 10.1 Å². The van der Waals surface area contributed by atoms with Crippen LogP contribution in [0, 0.1) is 0 Å². The summed E-state index contributed by atoms with van der Waals surface area (Å²) >= 11 is 0. The van der Waals surface area contributed by atoms with E-state index in [4.69, 9.17) is 4.74 Å². The van der Waals surface area contributed by atoms with E-state index in [1.807, 2.05) is 13.0 Å². The molecule has 1 saturated heterocycles. The molecule has 0 aromatic heterocycles. The summed E-state index contributed by atoms with van der Waals surface area (Å²) < 4.78 is 5.46. The van der Waals surface area contributed by atoms with E-state index in [0.717, 1.165) is 32.6 Å². The van der Waals surface area contributed by atoms with Gasteiger partial charge in [0.1, 0.15) is 0 Å². The van der Waals surface area contributed by atoms with Crippen molar-refractivity contribution in [3.05, 3.63) is 35.9 Å². The molecule has 1 N–H and O–H groups in total. The van der Waals surface area contributed by atoms with Gasteiger partial charge in [0.05, 0.1) is 13.2 Å². The standard InChI is InChI=1S/C16H24N2O2/c1-2-17-16(19)12-18(15-9-11-20-13-15)10-8-14-6-4-3-5-7-14/h3-7,15H,2,8-13H2,1H3,(H,17,19)/t15-/m0/s1. The number of ether oxygens (including phenoxy) is 1. The average Bonchev–Trinajstić information content (AvgIpc) is 2.99. The van der Waals surface area contributed by atoms with Gasteiger partial charge in [-0.05, 0) is 25.3 Å². The Labute approximate surface area is 121 Å². The highest BCUT2D eigenvalue weighted by molar-refractivity contribution is 5.77. The third kappa shape index (κ3) is 4.62. The normalized spacial score (nSPS) is 18.4. The zero-order chi connectivity index (χ0) is 14.2. The summed E-state index contributed by atoms with van der Waals surface area (Å²) in [5, 5.41) is 2.88. The monoisotopic (exact) mass is 276 g/mol. The lowest BCUT2D eigenvalue weighted by atomic mass is 10.1. The Hall–Kier alpha value is -1.39. The van der Waals surface area contributed by atoms with Crippen LogP contribution in [0.1, 0.15) is 18.9 Å². The molecule has 1 fully saturated rings. The second-order valence-electron chi connectivity index (χ2n) is 5.18. The van der Waals surface area contributed by atoms with Crippen LogP contribution in [0.5, 0.6) is 0 Å². The number of nitrogens with one attached hydrogen (secondary N) is 1. The SMILES string of the molecule is CCNC(=O)CN(CCc1ccccc1)[C@H]1CCOC1. The lowest BCUT2D eigenvalue weighted by molar-refractivity contribution is -0.122. The molecule has 0 bridgehead atoms. The van der Waals surface area contributed by atoms with E-state index >= 15 is 0 Å². The van der Waals surface area contributed by atoms with E-state index in [1.54, 1.807) is 0 Å². The summed E-state index contributed by atoms with van der Waals surface area (Å²) in [6, 6.07) is 10.8. The predicted molar refractivity (Wildman–Crippen MR) is 79.6 cm³/mol. The Kier molecular flexibility index (Phi) is 6.02. The molecule has 20 heavy (non-hydrogen) atoms. The summed E-state index contributed by atoms with van der Waals surface area (Å²) in [7, 11) is 0. The van der Waals surface area contributed by atoms with Crippen LogP contribution < -0.4 is 5.32 Å². The first-order chi connectivity index (χ1) is 9.79. The molecule has 4 nitrogen and oxygen atoms in total. The molecule has 0 unspecified atom stereocenters. The Bertz CT molecular complexity index is 402. The van der Waals surface area contributed by atoms with Gasteiger partial charge in [0.25, 0.3) is 0 Å². The van der Waals surface area contributed by atoms with Crippen molar-refractivity contribution >= 4 is 5.91 Å². The van der Waals surface area contributed by atoms with Crippen molar-refractivity contribution in [1.82, 2.24) is 10.2 Å². The fraction of sp³-hybridized carbons (Fsp3) is 0.562. The first-order valence-corrected chi connectivity index (χ1v) is 7.42. The minimum atomic E-state index is 0.104. The third-order valence-electron chi connectivity index (χ3n) is 3.67. The van der Waals surface area contributed by atoms with Crippen LogP contribution in [-0.4, -0.2) is 49.7 Å². The van der Waals surface area contributed by atoms with Crippen LogP contribution in [0.2, 0.25) is 0 Å².